The molecule has 0 bridgehead atoms. The summed E-state index contributed by atoms with van der Waals surface area (Å²) in [5.74, 6) is 0.222. The van der Waals surface area contributed by atoms with Gasteiger partial charge in [-0.05, 0) is 10.4 Å². The van der Waals surface area contributed by atoms with Crippen LogP contribution in [0.4, 0.5) is 11.9 Å². The van der Waals surface area contributed by atoms with Gasteiger partial charge in [-0.3, -0.25) is 0 Å². The zero-order valence-electron chi connectivity index (χ0n) is 7.58. The third-order valence-electron chi connectivity index (χ3n) is 0.897. The van der Waals surface area contributed by atoms with E-state index in [9.17, 15) is 0 Å². The summed E-state index contributed by atoms with van der Waals surface area (Å²) >= 11 is 0. The van der Waals surface area contributed by atoms with Crippen LogP contribution in [0.1, 0.15) is 0 Å². The Balaban J connectivity index is 0.000000845. The topological polar surface area (TPSA) is 134 Å². The van der Waals surface area contributed by atoms with Gasteiger partial charge in [0.25, 0.3) is 0 Å². The maximum Gasteiger partial charge on any atom is 0.307 e. The van der Waals surface area contributed by atoms with E-state index in [1.807, 2.05) is 0 Å². The van der Waals surface area contributed by atoms with Crippen LogP contribution < -0.4 is 0 Å². The van der Waals surface area contributed by atoms with E-state index in [1.165, 1.54) is 0 Å². The maximum absolute atomic E-state index is 3.53. The molecule has 2 rings (SSSR count). The van der Waals surface area contributed by atoms with Crippen molar-refractivity contribution in [1.29, 1.82) is 0 Å². The molecular formula is C2H2N10Na2. The van der Waals surface area contributed by atoms with Gasteiger partial charge >= 0.3 is 11.9 Å². The van der Waals surface area contributed by atoms with Crippen molar-refractivity contribution in [3.8, 4) is 0 Å². The molecule has 10 nitrogen and oxygen atoms in total. The molecule has 0 atom stereocenters. The number of H-pyrrole nitrogens is 2. The molecule has 0 spiro atoms. The standard InChI is InChI=1S/C2H2N10.2Na/c3(1-5-9-10-6-1)4-2-7-11-12-8-2;;/h(H,5,6,9,10)(H,7,8,11,12);;/b4-3+;;. The second-order valence-electron chi connectivity index (χ2n) is 1.62. The molecule has 2 N–H and O–H groups in total. The predicted octanol–water partition coefficient (Wildman–Crippen LogP) is -1.63. The summed E-state index contributed by atoms with van der Waals surface area (Å²) in [5, 5.41) is 32.1. The zero-order valence-corrected chi connectivity index (χ0v) is 11.6. The van der Waals surface area contributed by atoms with Crippen LogP contribution in [0.15, 0.2) is 10.2 Å². The normalized spacial score (nSPS) is 9.43. The third kappa shape index (κ3) is 3.86. The number of aromatic amines is 2. The molecule has 0 aliphatic carbocycles. The van der Waals surface area contributed by atoms with Gasteiger partial charge in [-0.25, -0.2) is 0 Å². The number of hydrogen-bond acceptors (Lipinski definition) is 8. The van der Waals surface area contributed by atoms with E-state index in [-0.39, 0.29) is 71.0 Å². The Kier molecular flexibility index (Phi) is 6.96. The van der Waals surface area contributed by atoms with Gasteiger partial charge in [0.05, 0.1) is 0 Å². The van der Waals surface area contributed by atoms with Crippen LogP contribution in [0.25, 0.3) is 0 Å². The third-order valence-corrected chi connectivity index (χ3v) is 0.897. The van der Waals surface area contributed by atoms with Crippen molar-refractivity contribution in [3.63, 3.8) is 0 Å². The van der Waals surface area contributed by atoms with E-state index < -0.39 is 0 Å². The van der Waals surface area contributed by atoms with Crippen molar-refractivity contribution in [2.75, 3.05) is 0 Å². The molecule has 0 fully saturated rings. The number of rotatable bonds is 2. The van der Waals surface area contributed by atoms with E-state index in [2.05, 4.69) is 51.5 Å². The minimum atomic E-state index is 0. The fraction of sp³-hybridized carbons (Fsp3) is 0. The summed E-state index contributed by atoms with van der Waals surface area (Å²) in [6.07, 6.45) is 0. The zero-order chi connectivity index (χ0) is 8.23. The molecule has 0 aliphatic rings. The number of tetrazole rings is 2. The minimum Gasteiger partial charge on any atom is -0.175 e. The molecule has 62 valence electrons. The fourth-order valence-electron chi connectivity index (χ4n) is 0.487. The first-order chi connectivity index (χ1) is 5.95. The first-order valence-electron chi connectivity index (χ1n) is 2.84. The summed E-state index contributed by atoms with van der Waals surface area (Å²) < 4.78 is 0. The largest absolute Gasteiger partial charge is 0.307 e. The maximum atomic E-state index is 3.53. The first kappa shape index (κ1) is 13.7. The smallest absolute Gasteiger partial charge is 0.175 e. The SMILES string of the molecule is N(=N\c1nn[nH]n1)/c1nn[nH]n1.[Na].[Na]. The second-order valence-corrected chi connectivity index (χ2v) is 1.62. The average Bonchev–Trinajstić information content (AvgIpc) is 2.74. The molecule has 2 aromatic rings. The van der Waals surface area contributed by atoms with Gasteiger partial charge in [0.2, 0.25) is 0 Å². The molecule has 12 heteroatoms. The van der Waals surface area contributed by atoms with Gasteiger partial charge in [0, 0.05) is 59.1 Å². The summed E-state index contributed by atoms with van der Waals surface area (Å²) in [6, 6.07) is 0. The molecule has 2 heterocycles. The molecule has 0 aliphatic heterocycles. The monoisotopic (exact) mass is 212 g/mol. The van der Waals surface area contributed by atoms with Crippen molar-refractivity contribution >= 4 is 71.0 Å². The Labute approximate surface area is 121 Å². The van der Waals surface area contributed by atoms with Crippen molar-refractivity contribution in [1.82, 2.24) is 41.2 Å². The molecule has 2 radical (unpaired) electrons. The van der Waals surface area contributed by atoms with E-state index >= 15 is 0 Å². The van der Waals surface area contributed by atoms with Crippen LogP contribution in [0.5, 0.6) is 0 Å². The van der Waals surface area contributed by atoms with Crippen molar-refractivity contribution in [3.05, 3.63) is 0 Å². The van der Waals surface area contributed by atoms with Crippen LogP contribution in [-0.2, 0) is 0 Å². The molecule has 0 amide bonds. The van der Waals surface area contributed by atoms with Crippen LogP contribution in [0.2, 0.25) is 0 Å². The van der Waals surface area contributed by atoms with Crippen molar-refractivity contribution < 1.29 is 0 Å². The summed E-state index contributed by atoms with van der Waals surface area (Å²) in [7, 11) is 0. The van der Waals surface area contributed by atoms with E-state index in [0.29, 0.717) is 0 Å². The molecule has 14 heavy (non-hydrogen) atoms. The summed E-state index contributed by atoms with van der Waals surface area (Å²) in [6.45, 7) is 0. The summed E-state index contributed by atoms with van der Waals surface area (Å²) in [4.78, 5) is 0. The number of aromatic nitrogens is 8. The second kappa shape index (κ2) is 7.09. The van der Waals surface area contributed by atoms with Crippen LogP contribution in [0, 0.1) is 0 Å². The predicted molar refractivity (Wildman–Crippen MR) is 44.0 cm³/mol. The van der Waals surface area contributed by atoms with Gasteiger partial charge < -0.3 is 0 Å². The van der Waals surface area contributed by atoms with E-state index in [1.54, 1.807) is 0 Å². The Hall–Kier alpha value is -0.260. The number of hydrogen-bond donors (Lipinski definition) is 2. The van der Waals surface area contributed by atoms with Gasteiger partial charge in [0.15, 0.2) is 0 Å². The molecule has 0 saturated carbocycles. The van der Waals surface area contributed by atoms with Crippen molar-refractivity contribution in [2.24, 2.45) is 10.2 Å². The van der Waals surface area contributed by atoms with Gasteiger partial charge in [0.1, 0.15) is 0 Å². The Morgan fingerprint density at radius 1 is 0.786 bits per heavy atom. The Morgan fingerprint density at radius 2 is 1.21 bits per heavy atom. The van der Waals surface area contributed by atoms with E-state index in [0.717, 1.165) is 0 Å². The fourth-order valence-corrected chi connectivity index (χ4v) is 0.487. The average molecular weight is 212 g/mol. The summed E-state index contributed by atoms with van der Waals surface area (Å²) in [5.41, 5.74) is 0. The van der Waals surface area contributed by atoms with Crippen molar-refractivity contribution in [2.45, 2.75) is 0 Å². The van der Waals surface area contributed by atoms with Gasteiger partial charge in [-0.15, -0.1) is 20.4 Å². The van der Waals surface area contributed by atoms with Crippen LogP contribution in [-0.4, -0.2) is 100 Å². The Bertz CT molecular complexity index is 313. The Morgan fingerprint density at radius 3 is 1.50 bits per heavy atom. The minimum absolute atomic E-state index is 0. The number of nitrogens with zero attached hydrogens (tertiary/aromatic N) is 8. The van der Waals surface area contributed by atoms with E-state index in [4.69, 9.17) is 0 Å². The van der Waals surface area contributed by atoms with Gasteiger partial charge in [-0.2, -0.15) is 10.4 Å². The first-order valence-corrected chi connectivity index (χ1v) is 2.84. The molecular weight excluding hydrogens is 210 g/mol. The molecule has 0 saturated heterocycles. The van der Waals surface area contributed by atoms with Gasteiger partial charge in [-0.1, -0.05) is 10.2 Å². The quantitative estimate of drug-likeness (QED) is 0.453. The number of nitrogens with one attached hydrogen (secondary N) is 2. The molecule has 2 aromatic heterocycles. The van der Waals surface area contributed by atoms with Crippen LogP contribution in [0.3, 0.4) is 0 Å². The molecule has 0 unspecified atom stereocenters. The number of azo groups is 1. The molecule has 0 aromatic carbocycles. The van der Waals surface area contributed by atoms with Crippen LogP contribution >= 0.6 is 0 Å².